The fraction of sp³-hybridized carbons (Fsp3) is 0.444. The van der Waals surface area contributed by atoms with Crippen LogP contribution in [0.3, 0.4) is 0 Å². The molecule has 0 bridgehead atoms. The predicted octanol–water partition coefficient (Wildman–Crippen LogP) is 1.85. The summed E-state index contributed by atoms with van der Waals surface area (Å²) in [4.78, 5) is 4.27. The highest BCUT2D eigenvalue weighted by Crippen LogP contribution is 2.39. The molecule has 1 aliphatic carbocycles. The van der Waals surface area contributed by atoms with Gasteiger partial charge in [-0.25, -0.2) is 4.98 Å². The topological polar surface area (TPSA) is 38.9 Å². The molecule has 0 unspecified atom stereocenters. The number of rotatable bonds is 1. The lowest BCUT2D eigenvalue weighted by molar-refractivity contribution is 1.02. The van der Waals surface area contributed by atoms with E-state index in [-0.39, 0.29) is 0 Å². The molecule has 0 radical (unpaired) electrons. The van der Waals surface area contributed by atoms with Crippen molar-refractivity contribution in [2.24, 2.45) is 0 Å². The van der Waals surface area contributed by atoms with E-state index in [1.807, 2.05) is 6.07 Å². The van der Waals surface area contributed by atoms with Crippen LogP contribution in [0.1, 0.15) is 30.0 Å². The van der Waals surface area contributed by atoms with Gasteiger partial charge in [0.2, 0.25) is 0 Å². The first-order chi connectivity index (χ1) is 5.25. The Morgan fingerprint density at radius 1 is 1.45 bits per heavy atom. The molecule has 1 aromatic heterocycles. The molecule has 58 valence electrons. The number of aryl methyl sites for hydroxylation is 1. The Morgan fingerprint density at radius 2 is 2.18 bits per heavy atom. The maximum Gasteiger partial charge on any atom is 0.123 e. The van der Waals surface area contributed by atoms with Gasteiger partial charge in [-0.15, -0.1) is 0 Å². The van der Waals surface area contributed by atoms with Crippen LogP contribution >= 0.6 is 0 Å². The number of aromatic nitrogens is 1. The van der Waals surface area contributed by atoms with E-state index in [2.05, 4.69) is 18.0 Å². The number of hydrogen-bond acceptors (Lipinski definition) is 2. The Morgan fingerprint density at radius 3 is 2.73 bits per heavy atom. The van der Waals surface area contributed by atoms with Gasteiger partial charge in [0.1, 0.15) is 5.82 Å². The van der Waals surface area contributed by atoms with Crippen molar-refractivity contribution in [3.05, 3.63) is 23.4 Å². The molecule has 0 atom stereocenters. The molecular weight excluding hydrogens is 136 g/mol. The van der Waals surface area contributed by atoms with Gasteiger partial charge in [-0.2, -0.15) is 0 Å². The van der Waals surface area contributed by atoms with E-state index >= 15 is 0 Å². The molecule has 1 aromatic rings. The number of anilines is 1. The van der Waals surface area contributed by atoms with Gasteiger partial charge in [-0.1, -0.05) is 0 Å². The summed E-state index contributed by atoms with van der Waals surface area (Å²) in [6, 6.07) is 4.04. The summed E-state index contributed by atoms with van der Waals surface area (Å²) in [6.45, 7) is 2.06. The van der Waals surface area contributed by atoms with Gasteiger partial charge in [0.25, 0.3) is 0 Å². The average Bonchev–Trinajstić information content (AvgIpc) is 2.64. The molecule has 2 rings (SSSR count). The average molecular weight is 148 g/mol. The summed E-state index contributed by atoms with van der Waals surface area (Å²) < 4.78 is 0. The summed E-state index contributed by atoms with van der Waals surface area (Å²) >= 11 is 0. The molecule has 1 saturated carbocycles. The van der Waals surface area contributed by atoms with Crippen molar-refractivity contribution >= 4 is 5.82 Å². The highest BCUT2D eigenvalue weighted by molar-refractivity contribution is 5.36. The fourth-order valence-corrected chi connectivity index (χ4v) is 1.31. The number of nitrogens with two attached hydrogens (primary N) is 1. The zero-order chi connectivity index (χ0) is 7.84. The lowest BCUT2D eigenvalue weighted by Gasteiger charge is -2.00. The van der Waals surface area contributed by atoms with Crippen LogP contribution in [0.15, 0.2) is 12.1 Å². The molecule has 1 aliphatic rings. The van der Waals surface area contributed by atoms with Gasteiger partial charge >= 0.3 is 0 Å². The lowest BCUT2D eigenvalue weighted by atomic mass is 10.2. The molecule has 2 nitrogen and oxygen atoms in total. The monoisotopic (exact) mass is 148 g/mol. The summed E-state index contributed by atoms with van der Waals surface area (Å²) in [7, 11) is 0. The Bertz CT molecular complexity index is 257. The first kappa shape index (κ1) is 6.65. The van der Waals surface area contributed by atoms with E-state index in [9.17, 15) is 0 Å². The smallest absolute Gasteiger partial charge is 0.123 e. The second-order valence-corrected chi connectivity index (χ2v) is 3.27. The van der Waals surface area contributed by atoms with Crippen molar-refractivity contribution in [2.75, 3.05) is 5.73 Å². The summed E-state index contributed by atoms with van der Waals surface area (Å²) in [6.07, 6.45) is 2.58. The molecule has 11 heavy (non-hydrogen) atoms. The van der Waals surface area contributed by atoms with Crippen molar-refractivity contribution in [1.82, 2.24) is 4.98 Å². The van der Waals surface area contributed by atoms with Crippen molar-refractivity contribution in [3.8, 4) is 0 Å². The van der Waals surface area contributed by atoms with Crippen molar-refractivity contribution in [2.45, 2.75) is 25.7 Å². The molecule has 0 aliphatic heterocycles. The minimum atomic E-state index is 0.659. The molecule has 1 fully saturated rings. The van der Waals surface area contributed by atoms with E-state index in [0.29, 0.717) is 11.7 Å². The van der Waals surface area contributed by atoms with E-state index in [1.165, 1.54) is 24.1 Å². The van der Waals surface area contributed by atoms with E-state index in [0.717, 1.165) is 0 Å². The Labute approximate surface area is 66.4 Å². The highest BCUT2D eigenvalue weighted by atomic mass is 14.8. The van der Waals surface area contributed by atoms with Crippen molar-refractivity contribution < 1.29 is 0 Å². The normalized spacial score (nSPS) is 16.8. The van der Waals surface area contributed by atoms with Crippen LogP contribution in [0, 0.1) is 6.92 Å². The molecule has 0 saturated heterocycles. The highest BCUT2D eigenvalue weighted by Gasteiger charge is 2.24. The summed E-state index contributed by atoms with van der Waals surface area (Å²) in [5, 5.41) is 0. The van der Waals surface area contributed by atoms with Crippen LogP contribution in [0.4, 0.5) is 5.82 Å². The standard InChI is InChI=1S/C9H12N2/c1-6-4-8(7-2-3-7)11-9(10)5-6/h4-5,7H,2-3H2,1H3,(H2,10,11). The molecule has 0 spiro atoms. The van der Waals surface area contributed by atoms with Crippen molar-refractivity contribution in [3.63, 3.8) is 0 Å². The molecular formula is C9H12N2. The van der Waals surface area contributed by atoms with E-state index < -0.39 is 0 Å². The summed E-state index contributed by atoms with van der Waals surface area (Å²) in [5.74, 6) is 1.36. The van der Waals surface area contributed by atoms with Crippen LogP contribution in [0.25, 0.3) is 0 Å². The number of pyridine rings is 1. The minimum Gasteiger partial charge on any atom is -0.384 e. The summed E-state index contributed by atoms with van der Waals surface area (Å²) in [5.41, 5.74) is 8.02. The van der Waals surface area contributed by atoms with Crippen LogP contribution < -0.4 is 5.73 Å². The van der Waals surface area contributed by atoms with Gasteiger partial charge < -0.3 is 5.73 Å². The largest absolute Gasteiger partial charge is 0.384 e. The van der Waals surface area contributed by atoms with Gasteiger partial charge in [0.15, 0.2) is 0 Å². The zero-order valence-electron chi connectivity index (χ0n) is 6.67. The first-order valence-electron chi connectivity index (χ1n) is 4.00. The van der Waals surface area contributed by atoms with Gasteiger partial charge in [-0.3, -0.25) is 0 Å². The zero-order valence-corrected chi connectivity index (χ0v) is 6.67. The van der Waals surface area contributed by atoms with E-state index in [1.54, 1.807) is 0 Å². The molecule has 1 heterocycles. The Kier molecular flexibility index (Phi) is 1.34. The number of nitrogen functional groups attached to an aromatic ring is 1. The van der Waals surface area contributed by atoms with Crippen LogP contribution in [-0.2, 0) is 0 Å². The van der Waals surface area contributed by atoms with Gasteiger partial charge in [0, 0.05) is 11.6 Å². The minimum absolute atomic E-state index is 0.659. The second-order valence-electron chi connectivity index (χ2n) is 3.27. The maximum absolute atomic E-state index is 5.61. The fourth-order valence-electron chi connectivity index (χ4n) is 1.31. The molecule has 0 aromatic carbocycles. The lowest BCUT2D eigenvalue weighted by Crippen LogP contribution is -1.95. The van der Waals surface area contributed by atoms with Crippen LogP contribution in [0.2, 0.25) is 0 Å². The van der Waals surface area contributed by atoms with Crippen LogP contribution in [-0.4, -0.2) is 4.98 Å². The molecule has 2 heteroatoms. The number of nitrogens with zero attached hydrogens (tertiary/aromatic N) is 1. The Balaban J connectivity index is 2.39. The molecule has 2 N–H and O–H groups in total. The predicted molar refractivity (Wildman–Crippen MR) is 45.4 cm³/mol. The maximum atomic E-state index is 5.61. The second kappa shape index (κ2) is 2.22. The third kappa shape index (κ3) is 1.34. The third-order valence-electron chi connectivity index (χ3n) is 2.00. The van der Waals surface area contributed by atoms with E-state index in [4.69, 9.17) is 5.73 Å². The van der Waals surface area contributed by atoms with Gasteiger partial charge in [0.05, 0.1) is 0 Å². The van der Waals surface area contributed by atoms with Crippen molar-refractivity contribution in [1.29, 1.82) is 0 Å². The SMILES string of the molecule is Cc1cc(N)nc(C2CC2)c1. The molecule has 0 amide bonds. The van der Waals surface area contributed by atoms with Gasteiger partial charge in [-0.05, 0) is 37.5 Å². The number of hydrogen-bond donors (Lipinski definition) is 1. The third-order valence-corrected chi connectivity index (χ3v) is 2.00. The first-order valence-corrected chi connectivity index (χ1v) is 4.00. The van der Waals surface area contributed by atoms with Crippen LogP contribution in [0.5, 0.6) is 0 Å². The Hall–Kier alpha value is -1.05. The quantitative estimate of drug-likeness (QED) is 0.660.